The molecule has 0 unspecified atom stereocenters. The van der Waals surface area contributed by atoms with E-state index in [1.807, 2.05) is 27.8 Å². The van der Waals surface area contributed by atoms with Crippen LogP contribution in [0.2, 0.25) is 0 Å². The monoisotopic (exact) mass is 360 g/mol. The van der Waals surface area contributed by atoms with Crippen molar-refractivity contribution in [3.05, 3.63) is 42.3 Å². The summed E-state index contributed by atoms with van der Waals surface area (Å²) in [5, 5.41) is 4.42. The molecule has 1 aliphatic heterocycles. The van der Waals surface area contributed by atoms with Crippen molar-refractivity contribution in [2.45, 2.75) is 39.3 Å². The van der Waals surface area contributed by atoms with Gasteiger partial charge in [0.25, 0.3) is 5.91 Å². The maximum absolute atomic E-state index is 12.9. The van der Waals surface area contributed by atoms with Crippen molar-refractivity contribution in [3.63, 3.8) is 0 Å². The van der Waals surface area contributed by atoms with Gasteiger partial charge in [0.1, 0.15) is 5.60 Å². The third-order valence-corrected chi connectivity index (χ3v) is 4.08. The molecule has 2 rings (SSSR count). The first-order valence-corrected chi connectivity index (χ1v) is 8.71. The number of amides is 2. The van der Waals surface area contributed by atoms with Gasteiger partial charge >= 0.3 is 6.09 Å². The molecular formula is C19H28N4O3. The minimum absolute atomic E-state index is 0.187. The molecule has 7 heteroatoms. The zero-order chi connectivity index (χ0) is 19.5. The van der Waals surface area contributed by atoms with Crippen LogP contribution in [0.5, 0.6) is 0 Å². The summed E-state index contributed by atoms with van der Waals surface area (Å²) >= 11 is 0. The molecule has 0 aromatic carbocycles. The van der Waals surface area contributed by atoms with E-state index in [1.54, 1.807) is 26.6 Å². The van der Waals surface area contributed by atoms with Crippen LogP contribution in [0.15, 0.2) is 25.3 Å². The summed E-state index contributed by atoms with van der Waals surface area (Å²) in [6.45, 7) is 14.6. The predicted octanol–water partition coefficient (Wildman–Crippen LogP) is 2.53. The zero-order valence-electron chi connectivity index (χ0n) is 16.1. The van der Waals surface area contributed by atoms with Crippen molar-refractivity contribution in [2.24, 2.45) is 7.05 Å². The van der Waals surface area contributed by atoms with E-state index in [4.69, 9.17) is 4.74 Å². The van der Waals surface area contributed by atoms with Gasteiger partial charge in [0, 0.05) is 44.4 Å². The number of carbonyl (C=O) groups excluding carboxylic acids is 2. The molecule has 0 aliphatic carbocycles. The SMILES string of the molecule is C=CCN(CC=C)C(=O)c1nn(C)c2c1CN(C(=O)OC(C)(C)C)CC2. The summed E-state index contributed by atoms with van der Waals surface area (Å²) < 4.78 is 7.19. The summed E-state index contributed by atoms with van der Waals surface area (Å²) in [4.78, 5) is 28.6. The van der Waals surface area contributed by atoms with Crippen LogP contribution >= 0.6 is 0 Å². The standard InChI is InChI=1S/C19H28N4O3/c1-7-10-22(11-8-2)17(24)16-14-13-23(18(25)26-19(3,4)5)12-9-15(14)21(6)20-16/h7-8H,1-2,9-13H2,3-6H3. The Balaban J connectivity index is 2.28. The Hall–Kier alpha value is -2.57. The molecule has 0 radical (unpaired) electrons. The Kier molecular flexibility index (Phi) is 5.90. The molecule has 0 fully saturated rings. The van der Waals surface area contributed by atoms with Crippen LogP contribution in [-0.4, -0.2) is 56.8 Å². The first-order chi connectivity index (χ1) is 12.2. The van der Waals surface area contributed by atoms with Gasteiger partial charge in [-0.15, -0.1) is 13.2 Å². The lowest BCUT2D eigenvalue weighted by molar-refractivity contribution is 0.0221. The number of carbonyl (C=O) groups is 2. The van der Waals surface area contributed by atoms with E-state index < -0.39 is 5.60 Å². The second-order valence-corrected chi connectivity index (χ2v) is 7.34. The van der Waals surface area contributed by atoms with Crippen molar-refractivity contribution in [2.75, 3.05) is 19.6 Å². The number of aryl methyl sites for hydroxylation is 1. The van der Waals surface area contributed by atoms with Gasteiger partial charge in [-0.3, -0.25) is 9.48 Å². The number of aromatic nitrogens is 2. The van der Waals surface area contributed by atoms with Crippen LogP contribution in [0.1, 0.15) is 42.5 Å². The van der Waals surface area contributed by atoms with Gasteiger partial charge in [-0.2, -0.15) is 5.10 Å². The molecule has 2 amide bonds. The van der Waals surface area contributed by atoms with E-state index >= 15 is 0 Å². The third-order valence-electron chi connectivity index (χ3n) is 4.08. The normalized spacial score (nSPS) is 13.8. The molecule has 0 spiro atoms. The van der Waals surface area contributed by atoms with Crippen LogP contribution in [0, 0.1) is 0 Å². The average molecular weight is 360 g/mol. The Morgan fingerprint density at radius 2 is 1.88 bits per heavy atom. The van der Waals surface area contributed by atoms with Crippen molar-refractivity contribution in [1.82, 2.24) is 19.6 Å². The molecule has 0 bridgehead atoms. The summed E-state index contributed by atoms with van der Waals surface area (Å²) in [7, 11) is 1.82. The third kappa shape index (κ3) is 4.33. The molecule has 0 atom stereocenters. The number of hydrogen-bond acceptors (Lipinski definition) is 4. The van der Waals surface area contributed by atoms with Crippen molar-refractivity contribution in [3.8, 4) is 0 Å². The van der Waals surface area contributed by atoms with Gasteiger partial charge in [0.05, 0.1) is 6.54 Å². The highest BCUT2D eigenvalue weighted by Crippen LogP contribution is 2.24. The Bertz CT molecular complexity index is 705. The van der Waals surface area contributed by atoms with Gasteiger partial charge < -0.3 is 14.5 Å². The van der Waals surface area contributed by atoms with E-state index in [-0.39, 0.29) is 12.0 Å². The maximum Gasteiger partial charge on any atom is 0.410 e. The number of fused-ring (bicyclic) bond motifs is 1. The van der Waals surface area contributed by atoms with E-state index in [1.165, 1.54) is 0 Å². The molecule has 2 heterocycles. The first kappa shape index (κ1) is 19.8. The van der Waals surface area contributed by atoms with Crippen LogP contribution in [0.25, 0.3) is 0 Å². The van der Waals surface area contributed by atoms with Crippen molar-refractivity contribution < 1.29 is 14.3 Å². The molecule has 1 aromatic heterocycles. The fraction of sp³-hybridized carbons (Fsp3) is 0.526. The van der Waals surface area contributed by atoms with Crippen LogP contribution < -0.4 is 0 Å². The minimum atomic E-state index is -0.560. The summed E-state index contributed by atoms with van der Waals surface area (Å²) in [6, 6.07) is 0. The second kappa shape index (κ2) is 7.76. The summed E-state index contributed by atoms with van der Waals surface area (Å²) in [5.41, 5.74) is 1.58. The lowest BCUT2D eigenvalue weighted by atomic mass is 10.0. The fourth-order valence-electron chi connectivity index (χ4n) is 2.95. The molecular weight excluding hydrogens is 332 g/mol. The van der Waals surface area contributed by atoms with Gasteiger partial charge in [0.2, 0.25) is 0 Å². The van der Waals surface area contributed by atoms with Gasteiger partial charge in [-0.25, -0.2) is 4.79 Å². The van der Waals surface area contributed by atoms with Crippen molar-refractivity contribution in [1.29, 1.82) is 0 Å². The molecule has 0 N–H and O–H groups in total. The van der Waals surface area contributed by atoms with Crippen LogP contribution in [0.4, 0.5) is 4.79 Å². The molecule has 142 valence electrons. The van der Waals surface area contributed by atoms with Gasteiger partial charge in [-0.05, 0) is 20.8 Å². The van der Waals surface area contributed by atoms with Gasteiger partial charge in [0.15, 0.2) is 5.69 Å². The maximum atomic E-state index is 12.9. The molecule has 26 heavy (non-hydrogen) atoms. The number of hydrogen-bond donors (Lipinski definition) is 0. The smallest absolute Gasteiger partial charge is 0.410 e. The van der Waals surface area contributed by atoms with Crippen molar-refractivity contribution >= 4 is 12.0 Å². The summed E-state index contributed by atoms with van der Waals surface area (Å²) in [6.07, 6.45) is 3.60. The fourth-order valence-corrected chi connectivity index (χ4v) is 2.95. The lowest BCUT2D eigenvalue weighted by Crippen LogP contribution is -2.40. The molecule has 1 aromatic rings. The summed E-state index contributed by atoms with van der Waals surface area (Å²) in [5.74, 6) is -0.187. The van der Waals surface area contributed by atoms with E-state index in [0.29, 0.717) is 38.3 Å². The van der Waals surface area contributed by atoms with Gasteiger partial charge in [-0.1, -0.05) is 12.2 Å². The van der Waals surface area contributed by atoms with E-state index in [9.17, 15) is 9.59 Å². The lowest BCUT2D eigenvalue weighted by Gasteiger charge is -2.30. The van der Waals surface area contributed by atoms with E-state index in [2.05, 4.69) is 18.3 Å². The van der Waals surface area contributed by atoms with Crippen LogP contribution in [0.3, 0.4) is 0 Å². The molecule has 0 saturated carbocycles. The molecule has 7 nitrogen and oxygen atoms in total. The number of rotatable bonds is 5. The highest BCUT2D eigenvalue weighted by molar-refractivity contribution is 5.94. The molecule has 0 saturated heterocycles. The minimum Gasteiger partial charge on any atom is -0.444 e. The zero-order valence-corrected chi connectivity index (χ0v) is 16.1. The Morgan fingerprint density at radius 3 is 2.42 bits per heavy atom. The second-order valence-electron chi connectivity index (χ2n) is 7.34. The Labute approximate surface area is 154 Å². The first-order valence-electron chi connectivity index (χ1n) is 8.71. The highest BCUT2D eigenvalue weighted by atomic mass is 16.6. The topological polar surface area (TPSA) is 67.7 Å². The highest BCUT2D eigenvalue weighted by Gasteiger charge is 2.32. The van der Waals surface area contributed by atoms with E-state index in [0.717, 1.165) is 11.3 Å². The number of nitrogens with zero attached hydrogens (tertiary/aromatic N) is 4. The quantitative estimate of drug-likeness (QED) is 0.757. The largest absolute Gasteiger partial charge is 0.444 e. The Morgan fingerprint density at radius 1 is 1.27 bits per heavy atom. The van der Waals surface area contributed by atoms with Crippen LogP contribution in [-0.2, 0) is 24.8 Å². The predicted molar refractivity (Wildman–Crippen MR) is 99.9 cm³/mol. The average Bonchev–Trinajstić information content (AvgIpc) is 2.89. The number of ether oxygens (including phenoxy) is 1. The molecule has 1 aliphatic rings.